The van der Waals surface area contributed by atoms with Crippen LogP contribution in [0.15, 0.2) is 29.8 Å². The van der Waals surface area contributed by atoms with Crippen LogP contribution in [0.5, 0.6) is 0 Å². The van der Waals surface area contributed by atoms with Crippen molar-refractivity contribution in [3.8, 4) is 0 Å². The molecule has 5 heterocycles. The molecule has 10 nitrogen and oxygen atoms in total. The molecule has 3 aromatic heterocycles. The molecular weight excluding hydrogens is 841 g/mol. The van der Waals surface area contributed by atoms with Crippen LogP contribution in [0.2, 0.25) is 0 Å². The van der Waals surface area contributed by atoms with Crippen molar-refractivity contribution in [3.63, 3.8) is 0 Å². The number of ether oxygens (including phenoxy) is 2. The molecule has 6 rings (SSSR count). The number of Topliss-reactive ketones (excluding diaryl/α,β-unsaturated/α-hetero) is 2. The SMILES string of the molecule is CC[C@H]1c2cc3[15n-]c4c(c3C)C(=O)[C@H](C(=O)OC)c4c3[15n]c(cc4[15n-]c(cc([15n]2)[C@@H]1C)c(C(C)=O)c4C)[C@@H](C)[C@@H]3CCC(=O)OC/C=C(\C)CCC[C@H](C)CCC[C@H](C)CCCC(C)C.[Mg+2]. The molecule has 8 bridgehead atoms. The van der Waals surface area contributed by atoms with Crippen molar-refractivity contribution in [2.75, 3.05) is 13.7 Å². The molecule has 0 spiro atoms. The average Bonchev–Trinajstić information content (AvgIpc) is 4.00. The van der Waals surface area contributed by atoms with E-state index in [9.17, 15) is 19.2 Å². The number of ketones is 2. The first-order valence-electron chi connectivity index (χ1n) is 24.6. The molecule has 0 fully saturated rings. The Morgan fingerprint density at radius 3 is 2.00 bits per heavy atom. The Bertz CT molecular complexity index is 2460. The number of carbonyl (C=O) groups excluding carboxylic acids is 4. The van der Waals surface area contributed by atoms with Crippen molar-refractivity contribution in [3.05, 3.63) is 80.4 Å². The van der Waals surface area contributed by atoms with Crippen molar-refractivity contribution < 1.29 is 28.7 Å². The van der Waals surface area contributed by atoms with E-state index in [0.29, 0.717) is 68.0 Å². The predicted octanol–water partition coefficient (Wildman–Crippen LogP) is 12.4. The van der Waals surface area contributed by atoms with Gasteiger partial charge in [-0.05, 0) is 82.8 Å². The average molecular weight is 915 g/mol. The van der Waals surface area contributed by atoms with Gasteiger partial charge in [-0.25, -0.2) is 0 Å². The summed E-state index contributed by atoms with van der Waals surface area (Å²) in [7, 11) is 1.28. The Labute approximate surface area is 409 Å². The van der Waals surface area contributed by atoms with Gasteiger partial charge in [-0.1, -0.05) is 128 Å². The van der Waals surface area contributed by atoms with Crippen LogP contribution in [0.1, 0.15) is 229 Å². The monoisotopic (exact) mass is 915 g/mol. The van der Waals surface area contributed by atoms with Crippen LogP contribution >= 0.6 is 0 Å². The third-order valence-electron chi connectivity index (χ3n) is 14.8. The van der Waals surface area contributed by atoms with Gasteiger partial charge in [-0.15, -0.1) is 22.1 Å². The van der Waals surface area contributed by atoms with Gasteiger partial charge in [0.2, 0.25) is 0 Å². The van der Waals surface area contributed by atoms with Gasteiger partial charge >= 0.3 is 35.0 Å². The van der Waals surface area contributed by atoms with Gasteiger partial charge in [0.05, 0.1) is 7.11 Å². The van der Waals surface area contributed by atoms with Crippen molar-refractivity contribution in [2.45, 2.75) is 183 Å². The van der Waals surface area contributed by atoms with Crippen LogP contribution in [-0.2, 0) is 19.1 Å². The predicted molar refractivity (Wildman–Crippen MR) is 265 cm³/mol. The Hall–Kier alpha value is -4.09. The van der Waals surface area contributed by atoms with Crippen LogP contribution < -0.4 is 9.97 Å². The van der Waals surface area contributed by atoms with Gasteiger partial charge in [-0.3, -0.25) is 29.1 Å². The van der Waals surface area contributed by atoms with Crippen LogP contribution in [-0.4, -0.2) is 70.2 Å². The topological polar surface area (TPSA) is 141 Å². The number of nitrogens with zero attached hydrogens (tertiary/aromatic N) is 4. The molecule has 352 valence electrons. The van der Waals surface area contributed by atoms with Gasteiger partial charge < -0.3 is 19.4 Å². The third kappa shape index (κ3) is 11.8. The molecule has 0 saturated carbocycles. The molecule has 3 aliphatic rings. The number of hydrogen-bond donors (Lipinski definition) is 0. The number of carbonyl (C=O) groups is 4. The summed E-state index contributed by atoms with van der Waals surface area (Å²) in [6.45, 7) is 23.3. The number of aromatic nitrogens is 4. The van der Waals surface area contributed by atoms with E-state index in [4.69, 9.17) is 29.4 Å². The zero-order valence-electron chi connectivity index (χ0n) is 42.1. The maximum absolute atomic E-state index is 14.4. The Morgan fingerprint density at radius 1 is 0.773 bits per heavy atom. The van der Waals surface area contributed by atoms with Crippen molar-refractivity contribution >= 4 is 68.6 Å². The molecule has 0 N–H and O–H groups in total. The summed E-state index contributed by atoms with van der Waals surface area (Å²) in [4.78, 5) is 75.0. The molecule has 0 saturated heterocycles. The van der Waals surface area contributed by atoms with E-state index in [2.05, 4.69) is 48.5 Å². The zero-order valence-corrected chi connectivity index (χ0v) is 43.5. The summed E-state index contributed by atoms with van der Waals surface area (Å²) in [6.07, 6.45) is 14.5. The molecule has 1 aliphatic carbocycles. The summed E-state index contributed by atoms with van der Waals surface area (Å²) in [5.41, 5.74) is 9.10. The molecule has 3 aromatic rings. The van der Waals surface area contributed by atoms with Crippen molar-refractivity contribution in [1.29, 1.82) is 0 Å². The van der Waals surface area contributed by atoms with Crippen LogP contribution in [0.3, 0.4) is 0 Å². The second-order valence-electron chi connectivity index (χ2n) is 20.2. The molecule has 0 radical (unpaired) electrons. The smallest absolute Gasteiger partial charge is 0.657 e. The van der Waals surface area contributed by atoms with Crippen LogP contribution in [0.25, 0.3) is 22.1 Å². The van der Waals surface area contributed by atoms with E-state index < -0.39 is 11.9 Å². The van der Waals surface area contributed by atoms with E-state index in [0.717, 1.165) is 48.0 Å². The van der Waals surface area contributed by atoms with E-state index in [1.165, 1.54) is 57.6 Å². The first-order chi connectivity index (χ1) is 30.9. The molecule has 0 aromatic carbocycles. The number of allylic oxidation sites excluding steroid dienone is 1. The van der Waals surface area contributed by atoms with Gasteiger partial charge in [0, 0.05) is 64.0 Å². The maximum Gasteiger partial charge on any atom is 2.00 e. The van der Waals surface area contributed by atoms with E-state index in [1.54, 1.807) is 6.92 Å². The van der Waals surface area contributed by atoms with Crippen molar-refractivity contribution in [2.24, 2.45) is 17.8 Å². The van der Waals surface area contributed by atoms with Gasteiger partial charge in [0.15, 0.2) is 11.6 Å². The second-order valence-corrected chi connectivity index (χ2v) is 20.2. The Kier molecular flexibility index (Phi) is 18.6. The summed E-state index contributed by atoms with van der Waals surface area (Å²) in [5.74, 6) is -0.869. The second kappa shape index (κ2) is 23.3. The molecule has 2 aliphatic heterocycles. The van der Waals surface area contributed by atoms with Crippen molar-refractivity contribution in [1.82, 2.24) is 19.9 Å². The number of fused-ring (bicyclic) bond motifs is 8. The summed E-state index contributed by atoms with van der Waals surface area (Å²) in [6, 6.07) is 5.79. The quantitative estimate of drug-likeness (QED) is 0.0353. The molecule has 0 amide bonds. The molecule has 0 unspecified atom stereocenters. The van der Waals surface area contributed by atoms with Crippen LogP contribution in [0, 0.1) is 31.6 Å². The molecule has 66 heavy (non-hydrogen) atoms. The van der Waals surface area contributed by atoms with E-state index in [1.807, 2.05) is 45.0 Å². The standard InChI is InChI=1S/C55H75N4O6.Mg/c1-13-39-34(7)41-29-46-48(38(11)60)36(9)43(57-46)27-42-35(8)40(52(58-42)50-51(55(63)64-12)54(62)49-37(10)44(59-53(49)50)28-45(39)56-41)23-24-47(61)65-26-25-33(6)22-16-21-32(5)20-15-19-31(4)18-14-17-30(2)3;/h25,27-32,34-35,39-40,51H,13-24,26H2,1-12H3,(H-,56,57,58,59,60,62);/q-1;+2/p-1/b33-25+;/t31-,32-,34-,35+,39-,40+,51-;/m1./s1/i56+1,57+1,58+1,59+1;. The third-order valence-corrected chi connectivity index (χ3v) is 14.8. The normalized spacial score (nSPS) is 20.0. The van der Waals surface area contributed by atoms with Gasteiger partial charge in [-0.2, -0.15) is 0 Å². The summed E-state index contributed by atoms with van der Waals surface area (Å²) in [5, 5.41) is 0. The minimum atomic E-state index is -1.25. The van der Waals surface area contributed by atoms with Crippen LogP contribution in [0.4, 0.5) is 0 Å². The van der Waals surface area contributed by atoms with Gasteiger partial charge in [0.1, 0.15) is 12.5 Å². The number of methoxy groups -OCH3 is 1. The molecule has 11 heteroatoms. The number of rotatable bonds is 20. The maximum atomic E-state index is 14.4. The molecule has 7 atom stereocenters. The fourth-order valence-electron chi connectivity index (χ4n) is 10.6. The summed E-state index contributed by atoms with van der Waals surface area (Å²) < 4.78 is 11.0. The largest absolute Gasteiger partial charge is 2.00 e. The number of aryl methyl sites for hydroxylation is 2. The Morgan fingerprint density at radius 2 is 1.36 bits per heavy atom. The minimum Gasteiger partial charge on any atom is -0.657 e. The first kappa shape index (κ1) is 52.9. The summed E-state index contributed by atoms with van der Waals surface area (Å²) >= 11 is 0. The fraction of sp³-hybridized carbons (Fsp3) is 0.600. The molecular formula is C55H74MgN4O6. The van der Waals surface area contributed by atoms with E-state index >= 15 is 0 Å². The van der Waals surface area contributed by atoms with Gasteiger partial charge in [0.25, 0.3) is 0 Å². The Balaban J connectivity index is 0.00000817. The van der Waals surface area contributed by atoms with E-state index in [-0.39, 0.29) is 77.3 Å². The zero-order chi connectivity index (χ0) is 47.3. The first-order valence-corrected chi connectivity index (χ1v) is 24.6. The minimum absolute atomic E-state index is 0. The fourth-order valence-corrected chi connectivity index (χ4v) is 10.6. The number of esters is 2. The number of hydrogen-bond acceptors (Lipinski definition) is 8.